The number of aryl methyl sites for hydroxylation is 1. The van der Waals surface area contributed by atoms with Crippen LogP contribution in [0, 0.1) is 6.92 Å². The summed E-state index contributed by atoms with van der Waals surface area (Å²) in [5, 5.41) is 5.27. The van der Waals surface area contributed by atoms with Gasteiger partial charge in [0.05, 0.1) is 13.1 Å². The maximum Gasteiger partial charge on any atom is 0.251 e. The predicted octanol–water partition coefficient (Wildman–Crippen LogP) is -0.385. The molecule has 0 aromatic heterocycles. The van der Waals surface area contributed by atoms with Crippen molar-refractivity contribution in [2.45, 2.75) is 6.92 Å². The van der Waals surface area contributed by atoms with Gasteiger partial charge in [-0.05, 0) is 18.6 Å². The zero-order valence-corrected chi connectivity index (χ0v) is 14.2. The Balaban J connectivity index is 1.77. The Kier molecular flexibility index (Phi) is 6.31. The van der Waals surface area contributed by atoms with Gasteiger partial charge in [0.2, 0.25) is 11.8 Å². The van der Waals surface area contributed by atoms with Gasteiger partial charge in [-0.15, -0.1) is 0 Å². The van der Waals surface area contributed by atoms with Crippen LogP contribution in [-0.2, 0) is 9.59 Å². The van der Waals surface area contributed by atoms with Crippen LogP contribution in [0.5, 0.6) is 0 Å². The number of likely N-dealkylation sites (N-methyl/N-ethyl adjacent to an activating group) is 1. The lowest BCUT2D eigenvalue weighted by molar-refractivity contribution is -0.132. The average molecular weight is 332 g/mol. The molecule has 2 N–H and O–H groups in total. The molecule has 24 heavy (non-hydrogen) atoms. The maximum atomic E-state index is 12.2. The van der Waals surface area contributed by atoms with E-state index >= 15 is 0 Å². The number of amides is 3. The summed E-state index contributed by atoms with van der Waals surface area (Å²) >= 11 is 0. The van der Waals surface area contributed by atoms with Crippen molar-refractivity contribution < 1.29 is 14.4 Å². The van der Waals surface area contributed by atoms with Crippen LogP contribution < -0.4 is 10.6 Å². The summed E-state index contributed by atoms with van der Waals surface area (Å²) in [6.07, 6.45) is 0. The van der Waals surface area contributed by atoms with Crippen molar-refractivity contribution in [3.8, 4) is 0 Å². The zero-order valence-electron chi connectivity index (χ0n) is 14.2. The van der Waals surface area contributed by atoms with Gasteiger partial charge in [-0.25, -0.2) is 0 Å². The van der Waals surface area contributed by atoms with Gasteiger partial charge >= 0.3 is 0 Å². The molecule has 0 atom stereocenters. The van der Waals surface area contributed by atoms with E-state index < -0.39 is 0 Å². The minimum absolute atomic E-state index is 0.0113. The molecule has 1 fully saturated rings. The first-order chi connectivity index (χ1) is 11.5. The highest BCUT2D eigenvalue weighted by molar-refractivity contribution is 5.97. The first-order valence-electron chi connectivity index (χ1n) is 8.06. The maximum absolute atomic E-state index is 12.2. The number of rotatable bonds is 5. The highest BCUT2D eigenvalue weighted by atomic mass is 16.2. The van der Waals surface area contributed by atoms with Crippen LogP contribution in [0.1, 0.15) is 15.9 Å². The molecular formula is C17H24N4O3. The SMILES string of the molecule is CNC(=O)CN1CCN(C(=O)CNC(=O)c2ccccc2C)CC1. The molecule has 0 spiro atoms. The predicted molar refractivity (Wildman–Crippen MR) is 90.6 cm³/mol. The number of piperazine rings is 1. The third kappa shape index (κ3) is 4.79. The molecule has 130 valence electrons. The fourth-order valence-electron chi connectivity index (χ4n) is 2.63. The third-order valence-corrected chi connectivity index (χ3v) is 4.16. The minimum atomic E-state index is -0.236. The summed E-state index contributed by atoms with van der Waals surface area (Å²) in [6, 6.07) is 7.28. The lowest BCUT2D eigenvalue weighted by Crippen LogP contribution is -2.52. The molecule has 0 unspecified atom stereocenters. The van der Waals surface area contributed by atoms with Crippen LogP contribution >= 0.6 is 0 Å². The van der Waals surface area contributed by atoms with Gasteiger partial charge < -0.3 is 15.5 Å². The van der Waals surface area contributed by atoms with Gasteiger partial charge in [0, 0.05) is 38.8 Å². The van der Waals surface area contributed by atoms with Crippen molar-refractivity contribution in [2.75, 3.05) is 46.3 Å². The highest BCUT2D eigenvalue weighted by Gasteiger charge is 2.22. The van der Waals surface area contributed by atoms with Gasteiger partial charge in [0.1, 0.15) is 0 Å². The van der Waals surface area contributed by atoms with Crippen molar-refractivity contribution in [1.29, 1.82) is 0 Å². The van der Waals surface area contributed by atoms with Crippen LogP contribution in [-0.4, -0.2) is 73.8 Å². The quantitative estimate of drug-likeness (QED) is 0.770. The molecule has 3 amide bonds. The fourth-order valence-corrected chi connectivity index (χ4v) is 2.63. The van der Waals surface area contributed by atoms with Crippen LogP contribution in [0.15, 0.2) is 24.3 Å². The van der Waals surface area contributed by atoms with Crippen LogP contribution in [0.3, 0.4) is 0 Å². The van der Waals surface area contributed by atoms with E-state index in [9.17, 15) is 14.4 Å². The van der Waals surface area contributed by atoms with E-state index in [0.29, 0.717) is 38.3 Å². The van der Waals surface area contributed by atoms with Gasteiger partial charge in [-0.3, -0.25) is 19.3 Å². The van der Waals surface area contributed by atoms with E-state index in [-0.39, 0.29) is 24.3 Å². The van der Waals surface area contributed by atoms with Crippen molar-refractivity contribution in [3.05, 3.63) is 35.4 Å². The fraction of sp³-hybridized carbons (Fsp3) is 0.471. The number of nitrogens with zero attached hydrogens (tertiary/aromatic N) is 2. The number of nitrogens with one attached hydrogen (secondary N) is 2. The summed E-state index contributed by atoms with van der Waals surface area (Å²) in [5.41, 5.74) is 1.46. The van der Waals surface area contributed by atoms with Crippen LogP contribution in [0.25, 0.3) is 0 Å². The Morgan fingerprint density at radius 3 is 2.38 bits per heavy atom. The van der Waals surface area contributed by atoms with Crippen molar-refractivity contribution in [2.24, 2.45) is 0 Å². The van der Waals surface area contributed by atoms with Crippen molar-refractivity contribution in [1.82, 2.24) is 20.4 Å². The van der Waals surface area contributed by atoms with Crippen LogP contribution in [0.4, 0.5) is 0 Å². The van der Waals surface area contributed by atoms with Gasteiger partial charge in [0.15, 0.2) is 0 Å². The Labute approximate surface area is 142 Å². The lowest BCUT2D eigenvalue weighted by Gasteiger charge is -2.34. The van der Waals surface area contributed by atoms with E-state index in [1.165, 1.54) is 0 Å². The summed E-state index contributed by atoms with van der Waals surface area (Å²) in [6.45, 7) is 4.65. The zero-order chi connectivity index (χ0) is 17.5. The van der Waals surface area contributed by atoms with E-state index in [1.807, 2.05) is 24.0 Å². The summed E-state index contributed by atoms with van der Waals surface area (Å²) in [5.74, 6) is -0.364. The number of hydrogen-bond donors (Lipinski definition) is 2. The molecule has 1 heterocycles. The molecule has 1 aromatic rings. The van der Waals surface area contributed by atoms with E-state index in [4.69, 9.17) is 0 Å². The Morgan fingerprint density at radius 2 is 1.75 bits per heavy atom. The topological polar surface area (TPSA) is 81.8 Å². The minimum Gasteiger partial charge on any atom is -0.358 e. The van der Waals surface area contributed by atoms with E-state index in [1.54, 1.807) is 24.1 Å². The molecule has 1 aliphatic heterocycles. The highest BCUT2D eigenvalue weighted by Crippen LogP contribution is 2.06. The van der Waals surface area contributed by atoms with E-state index in [0.717, 1.165) is 5.56 Å². The molecule has 1 aliphatic rings. The molecule has 1 aromatic carbocycles. The summed E-state index contributed by atoms with van der Waals surface area (Å²) < 4.78 is 0. The van der Waals surface area contributed by atoms with Crippen molar-refractivity contribution in [3.63, 3.8) is 0 Å². The second-order valence-corrected chi connectivity index (χ2v) is 5.83. The Hall–Kier alpha value is -2.41. The largest absolute Gasteiger partial charge is 0.358 e. The first-order valence-corrected chi connectivity index (χ1v) is 8.06. The number of hydrogen-bond acceptors (Lipinski definition) is 4. The second kappa shape index (κ2) is 8.44. The smallest absolute Gasteiger partial charge is 0.251 e. The summed E-state index contributed by atoms with van der Waals surface area (Å²) in [7, 11) is 1.61. The van der Waals surface area contributed by atoms with Gasteiger partial charge in [0.25, 0.3) is 5.91 Å². The Bertz CT molecular complexity index is 610. The molecular weight excluding hydrogens is 308 g/mol. The van der Waals surface area contributed by atoms with Crippen molar-refractivity contribution >= 4 is 17.7 Å². The van der Waals surface area contributed by atoms with Gasteiger partial charge in [-0.2, -0.15) is 0 Å². The van der Waals surface area contributed by atoms with Crippen LogP contribution in [0.2, 0.25) is 0 Å². The molecule has 1 saturated heterocycles. The Morgan fingerprint density at radius 1 is 1.08 bits per heavy atom. The average Bonchev–Trinajstić information content (AvgIpc) is 2.60. The number of benzene rings is 1. The normalized spacial score (nSPS) is 15.0. The van der Waals surface area contributed by atoms with E-state index in [2.05, 4.69) is 10.6 Å². The number of carbonyl (C=O) groups excluding carboxylic acids is 3. The monoisotopic (exact) mass is 332 g/mol. The third-order valence-electron chi connectivity index (χ3n) is 4.16. The molecule has 7 heteroatoms. The standard InChI is InChI=1S/C17H24N4O3/c1-13-5-3-4-6-14(13)17(24)19-11-16(23)21-9-7-20(8-10-21)12-15(22)18-2/h3-6H,7-12H2,1-2H3,(H,18,22)(H,19,24). The molecule has 0 bridgehead atoms. The number of carbonyl (C=O) groups is 3. The molecule has 2 rings (SSSR count). The first kappa shape index (κ1) is 17.9. The summed E-state index contributed by atoms with van der Waals surface area (Å²) in [4.78, 5) is 39.4. The second-order valence-electron chi connectivity index (χ2n) is 5.83. The van der Waals surface area contributed by atoms with Gasteiger partial charge in [-0.1, -0.05) is 18.2 Å². The molecule has 7 nitrogen and oxygen atoms in total. The molecule has 0 aliphatic carbocycles. The molecule has 0 radical (unpaired) electrons. The molecule has 0 saturated carbocycles. The lowest BCUT2D eigenvalue weighted by atomic mass is 10.1.